The van der Waals surface area contributed by atoms with Crippen molar-refractivity contribution >= 4 is 12.2 Å². The Morgan fingerprint density at radius 3 is 2.44 bits per heavy atom. The fourth-order valence-electron chi connectivity index (χ4n) is 1.53. The highest BCUT2D eigenvalue weighted by Crippen LogP contribution is 2.21. The Morgan fingerprint density at radius 2 is 1.83 bits per heavy atom. The molecule has 1 aromatic carbocycles. The van der Waals surface area contributed by atoms with Gasteiger partial charge in [-0.15, -0.1) is 10.2 Å². The lowest BCUT2D eigenvalue weighted by Crippen LogP contribution is -2.07. The molecule has 0 aliphatic heterocycles. The molecule has 0 bridgehead atoms. The molecule has 4 nitrogen and oxygen atoms in total. The first kappa shape index (κ1) is 12.2. The summed E-state index contributed by atoms with van der Waals surface area (Å²) in [7, 11) is 3.84. The molecule has 4 heteroatoms. The van der Waals surface area contributed by atoms with Crippen molar-refractivity contribution < 1.29 is 0 Å². The summed E-state index contributed by atoms with van der Waals surface area (Å²) in [4.78, 5) is 6.13. The zero-order valence-corrected chi connectivity index (χ0v) is 10.8. The van der Waals surface area contributed by atoms with Crippen LogP contribution in [0.2, 0.25) is 0 Å². The van der Waals surface area contributed by atoms with Crippen LogP contribution >= 0.6 is 0 Å². The maximum atomic E-state index is 4.27. The fourth-order valence-corrected chi connectivity index (χ4v) is 1.53. The van der Waals surface area contributed by atoms with Gasteiger partial charge in [0.2, 0.25) is 0 Å². The van der Waals surface area contributed by atoms with E-state index in [1.807, 2.05) is 62.3 Å². The monoisotopic (exact) mass is 240 g/mol. The Bertz CT molecular complexity index is 547. The van der Waals surface area contributed by atoms with Gasteiger partial charge in [0.15, 0.2) is 5.82 Å². The van der Waals surface area contributed by atoms with Crippen molar-refractivity contribution in [2.24, 2.45) is 4.99 Å². The van der Waals surface area contributed by atoms with Crippen LogP contribution in [0.5, 0.6) is 0 Å². The van der Waals surface area contributed by atoms with E-state index in [1.54, 1.807) is 6.34 Å². The van der Waals surface area contributed by atoms with Gasteiger partial charge in [0.1, 0.15) is 0 Å². The predicted molar refractivity (Wildman–Crippen MR) is 74.0 cm³/mol. The summed E-state index contributed by atoms with van der Waals surface area (Å²) in [6.45, 7) is 1.99. The van der Waals surface area contributed by atoms with Crippen molar-refractivity contribution in [3.05, 3.63) is 42.0 Å². The van der Waals surface area contributed by atoms with Crippen molar-refractivity contribution in [3.8, 4) is 11.3 Å². The molecule has 0 aliphatic carbocycles. The summed E-state index contributed by atoms with van der Waals surface area (Å²) in [5.74, 6) is 0.656. The van der Waals surface area contributed by atoms with E-state index in [-0.39, 0.29) is 0 Å². The third-order valence-corrected chi connectivity index (χ3v) is 2.44. The van der Waals surface area contributed by atoms with E-state index in [0.717, 1.165) is 16.8 Å². The van der Waals surface area contributed by atoms with Crippen molar-refractivity contribution in [1.82, 2.24) is 15.1 Å². The number of hydrogen-bond acceptors (Lipinski definition) is 3. The van der Waals surface area contributed by atoms with Crippen LogP contribution in [-0.2, 0) is 0 Å². The minimum absolute atomic E-state index is 0.656. The topological polar surface area (TPSA) is 41.4 Å². The lowest BCUT2D eigenvalue weighted by Gasteiger charge is -2.05. The average molecular weight is 240 g/mol. The van der Waals surface area contributed by atoms with Crippen LogP contribution in [0, 0.1) is 6.92 Å². The quantitative estimate of drug-likeness (QED) is 0.612. The van der Waals surface area contributed by atoms with Gasteiger partial charge in [-0.1, -0.05) is 30.3 Å². The zero-order chi connectivity index (χ0) is 13.0. The molecule has 2 rings (SSSR count). The Hall–Kier alpha value is -2.23. The first-order valence-corrected chi connectivity index (χ1v) is 5.77. The van der Waals surface area contributed by atoms with Gasteiger partial charge >= 0.3 is 0 Å². The molecular weight excluding hydrogens is 224 g/mol. The summed E-state index contributed by atoms with van der Waals surface area (Å²) in [6.07, 6.45) is 1.72. The fraction of sp³-hybridized carbons (Fsp3) is 0.214. The molecule has 0 saturated carbocycles. The highest BCUT2D eigenvalue weighted by Gasteiger charge is 2.03. The second kappa shape index (κ2) is 5.40. The number of aryl methyl sites for hydroxylation is 1. The van der Waals surface area contributed by atoms with Crippen molar-refractivity contribution in [2.75, 3.05) is 14.1 Å². The standard InChI is InChI=1S/C14H16N4/c1-11-9-13(12-7-5-4-6-8-12)16-17-14(11)15-10-18(2)3/h4-10H,1-3H3. The number of benzene rings is 1. The van der Waals surface area contributed by atoms with Crippen LogP contribution in [0.3, 0.4) is 0 Å². The van der Waals surface area contributed by atoms with Gasteiger partial charge in [-0.3, -0.25) is 0 Å². The summed E-state index contributed by atoms with van der Waals surface area (Å²) in [5, 5.41) is 8.36. The number of hydrogen-bond donors (Lipinski definition) is 0. The molecule has 0 amide bonds. The Labute approximate surface area is 107 Å². The number of rotatable bonds is 3. The van der Waals surface area contributed by atoms with Crippen LogP contribution in [0.1, 0.15) is 5.56 Å². The molecule has 0 atom stereocenters. The number of nitrogens with zero attached hydrogens (tertiary/aromatic N) is 4. The minimum Gasteiger partial charge on any atom is -0.369 e. The van der Waals surface area contributed by atoms with Gasteiger partial charge in [0, 0.05) is 19.7 Å². The van der Waals surface area contributed by atoms with Gasteiger partial charge < -0.3 is 4.90 Å². The average Bonchev–Trinajstić information content (AvgIpc) is 2.38. The zero-order valence-electron chi connectivity index (χ0n) is 10.8. The molecule has 2 aromatic rings. The third-order valence-electron chi connectivity index (χ3n) is 2.44. The maximum Gasteiger partial charge on any atom is 0.178 e. The lowest BCUT2D eigenvalue weighted by atomic mass is 10.1. The maximum absolute atomic E-state index is 4.27. The minimum atomic E-state index is 0.656. The van der Waals surface area contributed by atoms with Crippen molar-refractivity contribution in [1.29, 1.82) is 0 Å². The van der Waals surface area contributed by atoms with Crippen molar-refractivity contribution in [3.63, 3.8) is 0 Å². The SMILES string of the molecule is Cc1cc(-c2ccccc2)nnc1N=CN(C)C. The second-order valence-corrected chi connectivity index (χ2v) is 4.31. The van der Waals surface area contributed by atoms with Gasteiger partial charge in [0.25, 0.3) is 0 Å². The highest BCUT2D eigenvalue weighted by molar-refractivity contribution is 5.63. The molecule has 0 saturated heterocycles. The normalized spacial score (nSPS) is 10.8. The molecule has 0 unspecified atom stereocenters. The highest BCUT2D eigenvalue weighted by atomic mass is 15.2. The molecule has 1 aromatic heterocycles. The van der Waals surface area contributed by atoms with E-state index in [1.165, 1.54) is 0 Å². The largest absolute Gasteiger partial charge is 0.369 e. The molecule has 1 heterocycles. The van der Waals surface area contributed by atoms with Gasteiger partial charge in [0.05, 0.1) is 12.0 Å². The summed E-state index contributed by atoms with van der Waals surface area (Å²) >= 11 is 0. The Kier molecular flexibility index (Phi) is 3.67. The van der Waals surface area contributed by atoms with Crippen LogP contribution in [0.15, 0.2) is 41.4 Å². The lowest BCUT2D eigenvalue weighted by molar-refractivity contribution is 0.642. The van der Waals surface area contributed by atoms with E-state index in [9.17, 15) is 0 Å². The van der Waals surface area contributed by atoms with Crippen LogP contribution < -0.4 is 0 Å². The Balaban J connectivity index is 2.31. The number of aliphatic imine (C=N–C) groups is 1. The van der Waals surface area contributed by atoms with Gasteiger partial charge in [-0.25, -0.2) is 4.99 Å². The van der Waals surface area contributed by atoms with E-state index in [2.05, 4.69) is 15.2 Å². The smallest absolute Gasteiger partial charge is 0.178 e. The van der Waals surface area contributed by atoms with Gasteiger partial charge in [-0.05, 0) is 18.6 Å². The van der Waals surface area contributed by atoms with Crippen molar-refractivity contribution in [2.45, 2.75) is 6.92 Å². The van der Waals surface area contributed by atoms with Gasteiger partial charge in [-0.2, -0.15) is 0 Å². The van der Waals surface area contributed by atoms with Crippen LogP contribution in [0.25, 0.3) is 11.3 Å². The molecule has 92 valence electrons. The van der Waals surface area contributed by atoms with E-state index in [0.29, 0.717) is 5.82 Å². The first-order chi connectivity index (χ1) is 8.66. The predicted octanol–water partition coefficient (Wildman–Crippen LogP) is 2.67. The Morgan fingerprint density at radius 1 is 1.11 bits per heavy atom. The summed E-state index contributed by atoms with van der Waals surface area (Å²) in [6, 6.07) is 12.0. The van der Waals surface area contributed by atoms with E-state index < -0.39 is 0 Å². The van der Waals surface area contributed by atoms with Crippen LogP contribution in [0.4, 0.5) is 5.82 Å². The molecule has 0 N–H and O–H groups in total. The molecule has 0 spiro atoms. The first-order valence-electron chi connectivity index (χ1n) is 5.77. The van der Waals surface area contributed by atoms with E-state index in [4.69, 9.17) is 0 Å². The molecule has 0 aliphatic rings. The second-order valence-electron chi connectivity index (χ2n) is 4.31. The number of aromatic nitrogens is 2. The summed E-state index contributed by atoms with van der Waals surface area (Å²) < 4.78 is 0. The summed E-state index contributed by atoms with van der Waals surface area (Å²) in [5.41, 5.74) is 2.95. The molecular formula is C14H16N4. The third kappa shape index (κ3) is 2.91. The molecule has 18 heavy (non-hydrogen) atoms. The molecule has 0 fully saturated rings. The van der Waals surface area contributed by atoms with Crippen LogP contribution in [-0.4, -0.2) is 35.5 Å². The van der Waals surface area contributed by atoms with E-state index >= 15 is 0 Å². The molecule has 0 radical (unpaired) electrons.